The summed E-state index contributed by atoms with van der Waals surface area (Å²) in [7, 11) is 0. The highest BCUT2D eigenvalue weighted by molar-refractivity contribution is 8.00. The first-order valence-corrected chi connectivity index (χ1v) is 14.6. The number of aromatic carboxylic acids is 1. The highest BCUT2D eigenvalue weighted by Crippen LogP contribution is 2.29. The molecule has 0 aliphatic rings. The lowest BCUT2D eigenvalue weighted by Crippen LogP contribution is -2.30. The molecule has 0 aliphatic heterocycles. The third-order valence-corrected chi connectivity index (χ3v) is 7.80. The minimum atomic E-state index is -1.31. The molecule has 1 atom stereocenters. The van der Waals surface area contributed by atoms with Gasteiger partial charge in [0.2, 0.25) is 5.91 Å². The van der Waals surface area contributed by atoms with E-state index in [9.17, 15) is 29.4 Å². The van der Waals surface area contributed by atoms with Crippen molar-refractivity contribution in [3.63, 3.8) is 0 Å². The Hall–Kier alpha value is -5.35. The molecule has 0 radical (unpaired) electrons. The SMILES string of the molecule is CCC(Sc1cccc(NC(=O)/C(=C/c2ccc(C)cc2)NC(=O)c2ccccc2)c1)C(=O)Nc1ccc(O)c(C(=O)O)c1. The van der Waals surface area contributed by atoms with Crippen LogP contribution in [-0.2, 0) is 9.59 Å². The number of hydrogen-bond donors (Lipinski definition) is 5. The summed E-state index contributed by atoms with van der Waals surface area (Å²) in [6, 6.07) is 26.9. The molecule has 1 unspecified atom stereocenters. The fourth-order valence-corrected chi connectivity index (χ4v) is 5.13. The Labute approximate surface area is 259 Å². The molecule has 9 nitrogen and oxygen atoms in total. The Kier molecular flexibility index (Phi) is 10.6. The van der Waals surface area contributed by atoms with Crippen molar-refractivity contribution in [3.8, 4) is 5.75 Å². The lowest BCUT2D eigenvalue weighted by Gasteiger charge is -2.16. The Morgan fingerprint density at radius 1 is 0.841 bits per heavy atom. The van der Waals surface area contributed by atoms with Gasteiger partial charge in [-0.2, -0.15) is 0 Å². The van der Waals surface area contributed by atoms with Crippen LogP contribution in [0.15, 0.2) is 108 Å². The molecule has 44 heavy (non-hydrogen) atoms. The molecule has 4 rings (SSSR count). The molecule has 0 spiro atoms. The predicted octanol–water partition coefficient (Wildman–Crippen LogP) is 6.32. The minimum Gasteiger partial charge on any atom is -0.507 e. The predicted molar refractivity (Wildman–Crippen MR) is 172 cm³/mol. The van der Waals surface area contributed by atoms with Crippen molar-refractivity contribution in [2.45, 2.75) is 30.4 Å². The van der Waals surface area contributed by atoms with Crippen LogP contribution >= 0.6 is 11.8 Å². The van der Waals surface area contributed by atoms with Gasteiger partial charge in [0.15, 0.2) is 0 Å². The summed E-state index contributed by atoms with van der Waals surface area (Å²) in [4.78, 5) is 51.4. The average Bonchev–Trinajstić information content (AvgIpc) is 3.01. The summed E-state index contributed by atoms with van der Waals surface area (Å²) in [5, 5.41) is 26.7. The number of carboxylic acids is 1. The number of nitrogens with one attached hydrogen (secondary N) is 3. The van der Waals surface area contributed by atoms with E-state index in [0.717, 1.165) is 11.1 Å². The van der Waals surface area contributed by atoms with Gasteiger partial charge in [0.05, 0.1) is 5.25 Å². The number of phenols is 1. The highest BCUT2D eigenvalue weighted by Gasteiger charge is 2.20. The molecule has 224 valence electrons. The summed E-state index contributed by atoms with van der Waals surface area (Å²) in [5.74, 6) is -3.00. The van der Waals surface area contributed by atoms with Crippen molar-refractivity contribution in [1.29, 1.82) is 0 Å². The highest BCUT2D eigenvalue weighted by atomic mass is 32.2. The largest absolute Gasteiger partial charge is 0.507 e. The summed E-state index contributed by atoms with van der Waals surface area (Å²) in [6.07, 6.45) is 2.07. The zero-order chi connectivity index (χ0) is 31.6. The van der Waals surface area contributed by atoms with E-state index in [1.165, 1.54) is 30.0 Å². The normalized spacial score (nSPS) is 11.7. The number of hydrogen-bond acceptors (Lipinski definition) is 6. The van der Waals surface area contributed by atoms with Crippen LogP contribution in [-0.4, -0.2) is 39.2 Å². The molecule has 0 saturated carbocycles. The third-order valence-electron chi connectivity index (χ3n) is 6.45. The molecule has 3 amide bonds. The zero-order valence-electron chi connectivity index (χ0n) is 24.0. The number of carbonyl (C=O) groups excluding carboxylic acids is 3. The molecule has 0 saturated heterocycles. The van der Waals surface area contributed by atoms with E-state index < -0.39 is 28.8 Å². The molecule has 5 N–H and O–H groups in total. The van der Waals surface area contributed by atoms with Crippen LogP contribution in [0.25, 0.3) is 6.08 Å². The van der Waals surface area contributed by atoms with E-state index in [1.54, 1.807) is 60.7 Å². The molecule has 0 heterocycles. The van der Waals surface area contributed by atoms with E-state index in [-0.39, 0.29) is 22.9 Å². The smallest absolute Gasteiger partial charge is 0.339 e. The van der Waals surface area contributed by atoms with Gasteiger partial charge in [-0.25, -0.2) is 4.79 Å². The molecule has 0 fully saturated rings. The lowest BCUT2D eigenvalue weighted by molar-refractivity contribution is -0.116. The van der Waals surface area contributed by atoms with Crippen LogP contribution < -0.4 is 16.0 Å². The first kappa shape index (κ1) is 31.6. The van der Waals surface area contributed by atoms with Gasteiger partial charge in [-0.15, -0.1) is 11.8 Å². The van der Waals surface area contributed by atoms with Crippen molar-refractivity contribution >= 4 is 52.9 Å². The van der Waals surface area contributed by atoms with E-state index >= 15 is 0 Å². The molecular formula is C34H31N3O6S. The maximum atomic E-state index is 13.4. The second-order valence-electron chi connectivity index (χ2n) is 9.81. The fourth-order valence-electron chi connectivity index (χ4n) is 4.11. The van der Waals surface area contributed by atoms with E-state index in [2.05, 4.69) is 16.0 Å². The second-order valence-corrected chi connectivity index (χ2v) is 11.1. The van der Waals surface area contributed by atoms with Crippen LogP contribution in [0.3, 0.4) is 0 Å². The number of amides is 3. The quantitative estimate of drug-likeness (QED) is 0.0760. The maximum Gasteiger partial charge on any atom is 0.339 e. The van der Waals surface area contributed by atoms with Gasteiger partial charge >= 0.3 is 5.97 Å². The Morgan fingerprint density at radius 3 is 2.23 bits per heavy atom. The molecule has 0 bridgehead atoms. The standard InChI is InChI=1S/C34H31N3O6S/c1-3-30(33(41)36-25-16-17-29(38)27(20-25)34(42)43)44-26-11-7-10-24(19-26)35-32(40)28(18-22-14-12-21(2)13-15-22)37-31(39)23-8-5-4-6-9-23/h4-20,30,38H,3H2,1-2H3,(H,35,40)(H,36,41)(H,37,39)(H,42,43)/b28-18-. The zero-order valence-corrected chi connectivity index (χ0v) is 24.9. The number of aromatic hydroxyl groups is 1. The number of carboxylic acid groups (broad SMARTS) is 1. The maximum absolute atomic E-state index is 13.4. The Balaban J connectivity index is 1.49. The molecular weight excluding hydrogens is 578 g/mol. The summed E-state index contributed by atoms with van der Waals surface area (Å²) >= 11 is 1.28. The monoisotopic (exact) mass is 609 g/mol. The second kappa shape index (κ2) is 14.7. The van der Waals surface area contributed by atoms with Gasteiger partial charge in [-0.3, -0.25) is 14.4 Å². The molecule has 4 aromatic rings. The van der Waals surface area contributed by atoms with Crippen LogP contribution in [0.5, 0.6) is 5.75 Å². The van der Waals surface area contributed by atoms with E-state index in [0.29, 0.717) is 22.6 Å². The van der Waals surface area contributed by atoms with Gasteiger partial charge in [-0.05, 0) is 73.5 Å². The van der Waals surface area contributed by atoms with Crippen LogP contribution in [0.1, 0.15) is 45.2 Å². The molecule has 10 heteroatoms. The number of benzene rings is 4. The molecule has 0 aromatic heterocycles. The summed E-state index contributed by atoms with van der Waals surface area (Å²) in [6.45, 7) is 3.80. The first-order valence-electron chi connectivity index (χ1n) is 13.7. The number of carbonyl (C=O) groups is 4. The third kappa shape index (κ3) is 8.59. The number of rotatable bonds is 11. The molecule has 0 aliphatic carbocycles. The van der Waals surface area contributed by atoms with E-state index in [1.807, 2.05) is 38.1 Å². The number of thioether (sulfide) groups is 1. The van der Waals surface area contributed by atoms with E-state index in [4.69, 9.17) is 0 Å². The Bertz CT molecular complexity index is 1700. The van der Waals surface area contributed by atoms with Crippen LogP contribution in [0.2, 0.25) is 0 Å². The van der Waals surface area contributed by atoms with Crippen LogP contribution in [0, 0.1) is 6.92 Å². The van der Waals surface area contributed by atoms with Crippen molar-refractivity contribution in [2.24, 2.45) is 0 Å². The molecule has 4 aromatic carbocycles. The van der Waals surface area contributed by atoms with Crippen LogP contribution in [0.4, 0.5) is 11.4 Å². The summed E-state index contributed by atoms with van der Waals surface area (Å²) < 4.78 is 0. The Morgan fingerprint density at radius 2 is 1.55 bits per heavy atom. The topological polar surface area (TPSA) is 145 Å². The van der Waals surface area contributed by atoms with Crippen molar-refractivity contribution in [1.82, 2.24) is 5.32 Å². The van der Waals surface area contributed by atoms with Gasteiger partial charge in [0.1, 0.15) is 17.0 Å². The van der Waals surface area contributed by atoms with Crippen molar-refractivity contribution in [2.75, 3.05) is 10.6 Å². The van der Waals surface area contributed by atoms with Gasteiger partial charge < -0.3 is 26.2 Å². The number of aryl methyl sites for hydroxylation is 1. The average molecular weight is 610 g/mol. The van der Waals surface area contributed by atoms with Gasteiger partial charge in [-0.1, -0.05) is 61.0 Å². The number of anilines is 2. The van der Waals surface area contributed by atoms with Gasteiger partial charge in [0.25, 0.3) is 11.8 Å². The first-order chi connectivity index (χ1) is 21.1. The fraction of sp³-hybridized carbons (Fsp3) is 0.118. The lowest BCUT2D eigenvalue weighted by atomic mass is 10.1. The summed E-state index contributed by atoms with van der Waals surface area (Å²) in [5.41, 5.74) is 2.65. The van der Waals surface area contributed by atoms with Gasteiger partial charge in [0, 0.05) is 21.8 Å². The van der Waals surface area contributed by atoms with Crippen molar-refractivity contribution < 1.29 is 29.4 Å². The minimum absolute atomic E-state index is 0.0567. The van der Waals surface area contributed by atoms with Crippen molar-refractivity contribution in [3.05, 3.63) is 125 Å².